The Balaban J connectivity index is 1.73. The highest BCUT2D eigenvalue weighted by molar-refractivity contribution is 6.06. The fourth-order valence-corrected chi connectivity index (χ4v) is 3.24. The van der Waals surface area contributed by atoms with Gasteiger partial charge in [0.1, 0.15) is 18.2 Å². The van der Waals surface area contributed by atoms with E-state index in [4.69, 9.17) is 9.26 Å². The van der Waals surface area contributed by atoms with Crippen molar-refractivity contribution in [2.75, 3.05) is 11.4 Å². The number of carbonyl (C=O) groups excluding carboxylic acids is 1. The second-order valence-corrected chi connectivity index (χ2v) is 6.56. The molecular formula is C21H19FN2O3. The number of nitrogens with zero attached hydrogens (tertiary/aromatic N) is 2. The van der Waals surface area contributed by atoms with Gasteiger partial charge in [0, 0.05) is 12.2 Å². The van der Waals surface area contributed by atoms with Crippen molar-refractivity contribution >= 4 is 11.6 Å². The van der Waals surface area contributed by atoms with Gasteiger partial charge in [0.05, 0.1) is 11.1 Å². The Morgan fingerprint density at radius 1 is 1.22 bits per heavy atom. The zero-order valence-electron chi connectivity index (χ0n) is 15.2. The van der Waals surface area contributed by atoms with Crippen LogP contribution in [0.1, 0.15) is 35.0 Å². The van der Waals surface area contributed by atoms with E-state index in [1.165, 1.54) is 12.1 Å². The third-order valence-electron chi connectivity index (χ3n) is 4.57. The highest BCUT2D eigenvalue weighted by atomic mass is 19.1. The second kappa shape index (κ2) is 6.87. The highest BCUT2D eigenvalue weighted by Gasteiger charge is 2.31. The summed E-state index contributed by atoms with van der Waals surface area (Å²) < 4.78 is 24.6. The second-order valence-electron chi connectivity index (χ2n) is 6.56. The predicted octanol–water partition coefficient (Wildman–Crippen LogP) is 4.74. The van der Waals surface area contributed by atoms with Gasteiger partial charge in [-0.3, -0.25) is 4.79 Å². The molecule has 138 valence electrons. The molecule has 0 radical (unpaired) electrons. The predicted molar refractivity (Wildman–Crippen MR) is 99.4 cm³/mol. The molecule has 4 rings (SSSR count). The summed E-state index contributed by atoms with van der Waals surface area (Å²) in [6.45, 7) is 4.67. The quantitative estimate of drug-likeness (QED) is 0.669. The molecule has 0 fully saturated rings. The Hall–Kier alpha value is -3.15. The number of aryl methyl sites for hydroxylation is 1. The molecule has 2 aromatic carbocycles. The largest absolute Gasteiger partial charge is 0.488 e. The van der Waals surface area contributed by atoms with Crippen molar-refractivity contribution in [3.8, 4) is 17.1 Å². The van der Waals surface area contributed by atoms with E-state index in [1.807, 2.05) is 32.0 Å². The van der Waals surface area contributed by atoms with Gasteiger partial charge in [0.15, 0.2) is 11.5 Å². The topological polar surface area (TPSA) is 55.6 Å². The zero-order chi connectivity index (χ0) is 19.0. The number of aromatic nitrogens is 1. The molecule has 1 aliphatic rings. The number of hydrogen-bond donors (Lipinski definition) is 0. The van der Waals surface area contributed by atoms with Crippen LogP contribution in [0.2, 0.25) is 0 Å². The van der Waals surface area contributed by atoms with E-state index < -0.39 is 0 Å². The summed E-state index contributed by atoms with van der Waals surface area (Å²) in [6.07, 6.45) is 0.752. The number of fused-ring (bicyclic) bond motifs is 3. The number of benzene rings is 2. The first-order chi connectivity index (χ1) is 13.1. The minimum Gasteiger partial charge on any atom is -0.488 e. The van der Waals surface area contributed by atoms with Crippen molar-refractivity contribution in [1.82, 2.24) is 5.16 Å². The van der Waals surface area contributed by atoms with Gasteiger partial charge in [0.2, 0.25) is 0 Å². The van der Waals surface area contributed by atoms with Crippen molar-refractivity contribution in [3.63, 3.8) is 0 Å². The lowest BCUT2D eigenvalue weighted by atomic mass is 10.0. The van der Waals surface area contributed by atoms with E-state index in [0.717, 1.165) is 17.5 Å². The van der Waals surface area contributed by atoms with Gasteiger partial charge < -0.3 is 14.2 Å². The number of rotatable bonds is 4. The van der Waals surface area contributed by atoms with Crippen LogP contribution in [0.15, 0.2) is 47.0 Å². The maximum Gasteiger partial charge on any atom is 0.280 e. The molecule has 0 spiro atoms. The van der Waals surface area contributed by atoms with Gasteiger partial charge in [-0.2, -0.15) is 0 Å². The molecule has 0 saturated carbocycles. The Bertz CT molecular complexity index is 995. The lowest BCUT2D eigenvalue weighted by molar-refractivity contribution is 0.0976. The van der Waals surface area contributed by atoms with Crippen molar-refractivity contribution in [1.29, 1.82) is 0 Å². The van der Waals surface area contributed by atoms with Crippen molar-refractivity contribution in [2.45, 2.75) is 26.9 Å². The molecule has 0 atom stereocenters. The average molecular weight is 366 g/mol. The molecule has 1 aliphatic heterocycles. The van der Waals surface area contributed by atoms with E-state index in [9.17, 15) is 9.18 Å². The number of ether oxygens (including phenoxy) is 1. The molecule has 6 heteroatoms. The van der Waals surface area contributed by atoms with Crippen molar-refractivity contribution < 1.29 is 18.4 Å². The Morgan fingerprint density at radius 3 is 2.74 bits per heavy atom. The van der Waals surface area contributed by atoms with Crippen molar-refractivity contribution in [2.24, 2.45) is 0 Å². The minimum absolute atomic E-state index is 0.222. The lowest BCUT2D eigenvalue weighted by Gasteiger charge is -2.22. The molecule has 0 saturated heterocycles. The van der Waals surface area contributed by atoms with Crippen LogP contribution in [0, 0.1) is 12.7 Å². The van der Waals surface area contributed by atoms with Crippen LogP contribution >= 0.6 is 0 Å². The lowest BCUT2D eigenvalue weighted by Crippen LogP contribution is -2.32. The summed E-state index contributed by atoms with van der Waals surface area (Å²) in [5, 5.41) is 4.05. The summed E-state index contributed by atoms with van der Waals surface area (Å²) in [7, 11) is 0. The number of carbonyl (C=O) groups is 1. The number of amides is 1. The van der Waals surface area contributed by atoms with Gasteiger partial charge >= 0.3 is 0 Å². The number of halogens is 1. The van der Waals surface area contributed by atoms with Crippen LogP contribution in [0.5, 0.6) is 5.75 Å². The van der Waals surface area contributed by atoms with Crippen LogP contribution in [0.3, 0.4) is 0 Å². The Morgan fingerprint density at radius 2 is 2.00 bits per heavy atom. The van der Waals surface area contributed by atoms with Gasteiger partial charge in [0.25, 0.3) is 5.91 Å². The van der Waals surface area contributed by atoms with Crippen LogP contribution < -0.4 is 9.64 Å². The standard InChI is InChI=1S/C21H19FN2O3/c1-3-10-24(15-7-5-14(22)6-8-15)21(25)19-17-12-26-18-9-4-13(2)11-16(18)20(17)27-23-19/h4-9,11H,3,10,12H2,1-2H3. The molecular weight excluding hydrogens is 347 g/mol. The van der Waals surface area contributed by atoms with E-state index in [2.05, 4.69) is 5.16 Å². The average Bonchev–Trinajstić information content (AvgIpc) is 3.11. The van der Waals surface area contributed by atoms with Crippen LogP contribution in [0.25, 0.3) is 11.3 Å². The first-order valence-electron chi connectivity index (χ1n) is 8.88. The van der Waals surface area contributed by atoms with E-state index in [1.54, 1.807) is 17.0 Å². The summed E-state index contributed by atoms with van der Waals surface area (Å²) in [5.74, 6) is 0.654. The summed E-state index contributed by atoms with van der Waals surface area (Å²) in [4.78, 5) is 14.8. The molecule has 0 aliphatic carbocycles. The molecule has 3 aromatic rings. The van der Waals surface area contributed by atoms with Crippen LogP contribution in [0.4, 0.5) is 10.1 Å². The number of hydrogen-bond acceptors (Lipinski definition) is 4. The minimum atomic E-state index is -0.346. The molecule has 2 heterocycles. The molecule has 0 N–H and O–H groups in total. The third kappa shape index (κ3) is 3.07. The smallest absolute Gasteiger partial charge is 0.280 e. The Kier molecular flexibility index (Phi) is 4.39. The molecule has 0 unspecified atom stereocenters. The molecule has 27 heavy (non-hydrogen) atoms. The molecule has 1 aromatic heterocycles. The van der Waals surface area contributed by atoms with Crippen molar-refractivity contribution in [3.05, 3.63) is 65.1 Å². The zero-order valence-corrected chi connectivity index (χ0v) is 15.2. The van der Waals surface area contributed by atoms with Gasteiger partial charge in [-0.15, -0.1) is 0 Å². The monoisotopic (exact) mass is 366 g/mol. The number of anilines is 1. The highest BCUT2D eigenvalue weighted by Crippen LogP contribution is 2.39. The SMILES string of the molecule is CCCN(C(=O)c1noc2c1COc1ccc(C)cc1-2)c1ccc(F)cc1. The third-order valence-corrected chi connectivity index (χ3v) is 4.57. The van der Waals surface area contributed by atoms with Gasteiger partial charge in [-0.05, 0) is 49.7 Å². The van der Waals surface area contributed by atoms with Gasteiger partial charge in [-0.1, -0.05) is 23.7 Å². The fourth-order valence-electron chi connectivity index (χ4n) is 3.24. The van der Waals surface area contributed by atoms with E-state index in [-0.39, 0.29) is 24.0 Å². The summed E-state index contributed by atoms with van der Waals surface area (Å²) in [6, 6.07) is 11.7. The van der Waals surface area contributed by atoms with Crippen LogP contribution in [-0.4, -0.2) is 17.6 Å². The first-order valence-corrected chi connectivity index (χ1v) is 8.88. The van der Waals surface area contributed by atoms with Gasteiger partial charge in [-0.25, -0.2) is 4.39 Å². The maximum absolute atomic E-state index is 13.3. The normalized spacial score (nSPS) is 12.1. The van der Waals surface area contributed by atoms with E-state index in [0.29, 0.717) is 29.3 Å². The maximum atomic E-state index is 13.3. The van der Waals surface area contributed by atoms with E-state index >= 15 is 0 Å². The first kappa shape index (κ1) is 17.3. The summed E-state index contributed by atoms with van der Waals surface area (Å²) in [5.41, 5.74) is 3.35. The fraction of sp³-hybridized carbons (Fsp3) is 0.238. The molecule has 1 amide bonds. The molecule has 0 bridgehead atoms. The Labute approximate surface area is 156 Å². The summed E-state index contributed by atoms with van der Waals surface area (Å²) >= 11 is 0. The van der Waals surface area contributed by atoms with Crippen LogP contribution in [-0.2, 0) is 6.61 Å². The molecule has 5 nitrogen and oxygen atoms in total.